The lowest BCUT2D eigenvalue weighted by molar-refractivity contribution is -0.121. The first kappa shape index (κ1) is 20.5. The highest BCUT2D eigenvalue weighted by Crippen LogP contribution is 2.38. The topological polar surface area (TPSA) is 51.1 Å². The summed E-state index contributed by atoms with van der Waals surface area (Å²) in [6.45, 7) is 0. The fourth-order valence-corrected chi connectivity index (χ4v) is 4.40. The van der Waals surface area contributed by atoms with Crippen LogP contribution in [0, 0.1) is 0 Å². The summed E-state index contributed by atoms with van der Waals surface area (Å²) >= 11 is 4.77. The summed E-state index contributed by atoms with van der Waals surface area (Å²) in [5, 5.41) is 2.62. The SMILES string of the molecule is COc1ccc2ccc(OC)c(/C=C3/SC(=Nc4ccc(Br)cc4)N(C)C3=O)c2c1. The number of hydrogen-bond donors (Lipinski definition) is 0. The highest BCUT2D eigenvalue weighted by molar-refractivity contribution is 9.10. The number of nitrogens with zero attached hydrogens (tertiary/aromatic N) is 2. The number of fused-ring (bicyclic) bond motifs is 1. The van der Waals surface area contributed by atoms with Crippen LogP contribution in [0.3, 0.4) is 0 Å². The predicted molar refractivity (Wildman–Crippen MR) is 127 cm³/mol. The number of hydrogen-bond acceptors (Lipinski definition) is 5. The average molecular weight is 483 g/mol. The third-order valence-corrected chi connectivity index (χ3v) is 6.37. The van der Waals surface area contributed by atoms with Gasteiger partial charge in [-0.1, -0.05) is 28.1 Å². The first-order valence-corrected chi connectivity index (χ1v) is 10.8. The van der Waals surface area contributed by atoms with E-state index in [0.29, 0.717) is 15.8 Å². The quantitative estimate of drug-likeness (QED) is 0.437. The van der Waals surface area contributed by atoms with Crippen LogP contribution in [0.25, 0.3) is 16.8 Å². The van der Waals surface area contributed by atoms with Gasteiger partial charge in [-0.15, -0.1) is 0 Å². The monoisotopic (exact) mass is 482 g/mol. The highest BCUT2D eigenvalue weighted by Gasteiger charge is 2.31. The minimum absolute atomic E-state index is 0.0992. The van der Waals surface area contributed by atoms with Crippen LogP contribution < -0.4 is 9.47 Å². The van der Waals surface area contributed by atoms with Crippen molar-refractivity contribution >= 4 is 61.3 Å². The number of halogens is 1. The summed E-state index contributed by atoms with van der Waals surface area (Å²) < 4.78 is 11.9. The molecule has 1 aliphatic rings. The Morgan fingerprint density at radius 2 is 1.77 bits per heavy atom. The van der Waals surface area contributed by atoms with Gasteiger partial charge in [0.1, 0.15) is 11.5 Å². The molecule has 0 N–H and O–H groups in total. The molecule has 4 rings (SSSR count). The molecule has 0 unspecified atom stereocenters. The van der Waals surface area contributed by atoms with Gasteiger partial charge in [0.25, 0.3) is 5.91 Å². The van der Waals surface area contributed by atoms with E-state index in [1.54, 1.807) is 26.2 Å². The zero-order chi connectivity index (χ0) is 21.3. The van der Waals surface area contributed by atoms with E-state index in [2.05, 4.69) is 20.9 Å². The van der Waals surface area contributed by atoms with Gasteiger partial charge in [-0.3, -0.25) is 9.69 Å². The molecule has 1 heterocycles. The van der Waals surface area contributed by atoms with Crippen molar-refractivity contribution in [2.45, 2.75) is 0 Å². The molecule has 0 bridgehead atoms. The van der Waals surface area contributed by atoms with Crippen molar-refractivity contribution in [3.63, 3.8) is 0 Å². The van der Waals surface area contributed by atoms with Gasteiger partial charge >= 0.3 is 0 Å². The Morgan fingerprint density at radius 3 is 2.47 bits per heavy atom. The smallest absolute Gasteiger partial charge is 0.266 e. The molecule has 0 aromatic heterocycles. The summed E-state index contributed by atoms with van der Waals surface area (Å²) in [4.78, 5) is 19.7. The van der Waals surface area contributed by atoms with Crippen molar-refractivity contribution in [3.05, 3.63) is 69.5 Å². The molecule has 1 fully saturated rings. The molecule has 1 aliphatic heterocycles. The molecule has 0 spiro atoms. The van der Waals surface area contributed by atoms with E-state index in [1.165, 1.54) is 11.8 Å². The first-order chi connectivity index (χ1) is 14.5. The van der Waals surface area contributed by atoms with E-state index in [-0.39, 0.29) is 5.91 Å². The zero-order valence-electron chi connectivity index (χ0n) is 16.7. The van der Waals surface area contributed by atoms with Crippen LogP contribution in [-0.4, -0.2) is 37.2 Å². The maximum absolute atomic E-state index is 12.9. The molecule has 3 aromatic rings. The van der Waals surface area contributed by atoms with Crippen LogP contribution in [0.2, 0.25) is 0 Å². The Morgan fingerprint density at radius 1 is 1.03 bits per heavy atom. The van der Waals surface area contributed by atoms with Gasteiger partial charge < -0.3 is 9.47 Å². The number of rotatable bonds is 4. The minimum atomic E-state index is -0.0992. The number of aliphatic imine (C=N–C) groups is 1. The molecule has 0 saturated carbocycles. The minimum Gasteiger partial charge on any atom is -0.497 e. The summed E-state index contributed by atoms with van der Waals surface area (Å²) in [5.74, 6) is 1.34. The van der Waals surface area contributed by atoms with Crippen LogP contribution in [0.1, 0.15) is 5.56 Å². The Labute approximate surface area is 187 Å². The third-order valence-electron chi connectivity index (χ3n) is 4.78. The second-order valence-electron chi connectivity index (χ2n) is 6.61. The second kappa shape index (κ2) is 8.53. The summed E-state index contributed by atoms with van der Waals surface area (Å²) in [6, 6.07) is 17.4. The lowest BCUT2D eigenvalue weighted by Gasteiger charge is -2.11. The summed E-state index contributed by atoms with van der Waals surface area (Å²) in [6.07, 6.45) is 1.87. The summed E-state index contributed by atoms with van der Waals surface area (Å²) in [7, 11) is 4.99. The predicted octanol–water partition coefficient (Wildman–Crippen LogP) is 5.85. The van der Waals surface area contributed by atoms with Crippen molar-refractivity contribution in [3.8, 4) is 11.5 Å². The molecular weight excluding hydrogens is 464 g/mol. The van der Waals surface area contributed by atoms with Crippen molar-refractivity contribution in [2.75, 3.05) is 21.3 Å². The van der Waals surface area contributed by atoms with Gasteiger partial charge in [-0.25, -0.2) is 4.99 Å². The molecule has 0 atom stereocenters. The number of carbonyl (C=O) groups is 1. The first-order valence-electron chi connectivity index (χ1n) is 9.17. The van der Waals surface area contributed by atoms with E-state index in [0.717, 1.165) is 32.2 Å². The highest BCUT2D eigenvalue weighted by atomic mass is 79.9. The fourth-order valence-electron chi connectivity index (χ4n) is 3.16. The zero-order valence-corrected chi connectivity index (χ0v) is 19.1. The average Bonchev–Trinajstić information content (AvgIpc) is 3.03. The molecular formula is C23H19BrN2O3S. The number of thioether (sulfide) groups is 1. The largest absolute Gasteiger partial charge is 0.497 e. The molecule has 3 aromatic carbocycles. The van der Waals surface area contributed by atoms with E-state index in [1.807, 2.05) is 60.7 Å². The van der Waals surface area contributed by atoms with E-state index in [4.69, 9.17) is 9.47 Å². The van der Waals surface area contributed by atoms with E-state index < -0.39 is 0 Å². The van der Waals surface area contributed by atoms with Gasteiger partial charge in [0.2, 0.25) is 0 Å². The number of methoxy groups -OCH3 is 2. The number of amidine groups is 1. The molecule has 1 saturated heterocycles. The van der Waals surface area contributed by atoms with Gasteiger partial charge in [0, 0.05) is 17.1 Å². The van der Waals surface area contributed by atoms with Crippen molar-refractivity contribution in [1.29, 1.82) is 0 Å². The lowest BCUT2D eigenvalue weighted by Crippen LogP contribution is -2.23. The second-order valence-corrected chi connectivity index (χ2v) is 8.54. The summed E-state index contributed by atoms with van der Waals surface area (Å²) in [5.41, 5.74) is 1.62. The molecule has 0 radical (unpaired) electrons. The van der Waals surface area contributed by atoms with E-state index >= 15 is 0 Å². The fraction of sp³-hybridized carbons (Fsp3) is 0.130. The molecule has 152 valence electrons. The third kappa shape index (κ3) is 3.95. The lowest BCUT2D eigenvalue weighted by atomic mass is 10.0. The van der Waals surface area contributed by atoms with Gasteiger partial charge in [0.15, 0.2) is 5.17 Å². The van der Waals surface area contributed by atoms with Gasteiger partial charge in [-0.05, 0) is 71.1 Å². The van der Waals surface area contributed by atoms with Crippen LogP contribution in [0.5, 0.6) is 11.5 Å². The van der Waals surface area contributed by atoms with Crippen molar-refractivity contribution in [1.82, 2.24) is 4.90 Å². The van der Waals surface area contributed by atoms with Crippen LogP contribution in [-0.2, 0) is 4.79 Å². The number of amides is 1. The molecule has 1 amide bonds. The number of ether oxygens (including phenoxy) is 2. The number of benzene rings is 3. The van der Waals surface area contributed by atoms with Crippen molar-refractivity contribution < 1.29 is 14.3 Å². The van der Waals surface area contributed by atoms with E-state index in [9.17, 15) is 4.79 Å². The van der Waals surface area contributed by atoms with Crippen LogP contribution >= 0.6 is 27.7 Å². The van der Waals surface area contributed by atoms with Gasteiger partial charge in [-0.2, -0.15) is 0 Å². The van der Waals surface area contributed by atoms with Gasteiger partial charge in [0.05, 0.1) is 24.8 Å². The maximum atomic E-state index is 12.9. The van der Waals surface area contributed by atoms with Crippen molar-refractivity contribution in [2.24, 2.45) is 4.99 Å². The number of likely N-dealkylation sites (N-methyl/N-ethyl adjacent to an activating group) is 1. The Balaban J connectivity index is 1.78. The Hall–Kier alpha value is -2.77. The Kier molecular flexibility index (Phi) is 5.83. The standard InChI is InChI=1S/C23H19BrN2O3S/c1-26-22(27)21(30-23(26)25-16-8-6-15(24)7-9-16)13-19-18-12-17(28-2)10-4-14(18)5-11-20(19)29-3/h4-13H,1-3H3/b21-13+,25-23?. The molecule has 7 heteroatoms. The molecule has 0 aliphatic carbocycles. The normalized spacial score (nSPS) is 16.7. The maximum Gasteiger partial charge on any atom is 0.266 e. The van der Waals surface area contributed by atoms with Crippen LogP contribution in [0.4, 0.5) is 5.69 Å². The molecule has 5 nitrogen and oxygen atoms in total. The number of carbonyl (C=O) groups excluding carboxylic acids is 1. The molecule has 30 heavy (non-hydrogen) atoms. The Bertz CT molecular complexity index is 1180. The van der Waals surface area contributed by atoms with Crippen LogP contribution in [0.15, 0.2) is 69.0 Å².